The second-order valence-corrected chi connectivity index (χ2v) is 8.27. The van der Waals surface area contributed by atoms with Gasteiger partial charge in [-0.05, 0) is 49.5 Å². The standard InChI is InChI=1S/C22H19F2N9OS/c1-15(22(34,9-30-12-25-10-27-30)19-7-2-16(23)8-20(19)24)33-21(35)31(14-29-33)17-3-5-18(6-4-17)32-13-26-11-28-32/h2-8,10-15,34H,9H2,1H3/t15-,22-/m1/s1. The minimum absolute atomic E-state index is 0.115. The number of hydrogen-bond acceptors (Lipinski definition) is 7. The fraction of sp³-hybridized carbons (Fsp3) is 0.182. The van der Waals surface area contributed by atoms with Gasteiger partial charge in [0.05, 0.1) is 18.3 Å². The van der Waals surface area contributed by atoms with Crippen LogP contribution in [0.15, 0.2) is 74.1 Å². The molecule has 5 aromatic rings. The van der Waals surface area contributed by atoms with Crippen molar-refractivity contribution in [2.45, 2.75) is 25.1 Å². The van der Waals surface area contributed by atoms with Gasteiger partial charge in [-0.15, -0.1) is 0 Å². The summed E-state index contributed by atoms with van der Waals surface area (Å²) in [5.74, 6) is -1.65. The van der Waals surface area contributed by atoms with Crippen molar-refractivity contribution < 1.29 is 13.9 Å². The zero-order valence-corrected chi connectivity index (χ0v) is 19.2. The average molecular weight is 496 g/mol. The first kappa shape index (κ1) is 22.7. The van der Waals surface area contributed by atoms with Gasteiger partial charge < -0.3 is 5.11 Å². The maximum atomic E-state index is 14.9. The largest absolute Gasteiger partial charge is 0.381 e. The first-order valence-corrected chi connectivity index (χ1v) is 10.9. The van der Waals surface area contributed by atoms with E-state index in [1.165, 1.54) is 40.7 Å². The van der Waals surface area contributed by atoms with Crippen LogP contribution in [0.5, 0.6) is 0 Å². The van der Waals surface area contributed by atoms with E-state index in [1.807, 2.05) is 24.3 Å². The summed E-state index contributed by atoms with van der Waals surface area (Å²) in [6, 6.07) is 9.53. The molecule has 0 saturated carbocycles. The van der Waals surface area contributed by atoms with E-state index in [0.717, 1.165) is 23.5 Å². The highest BCUT2D eigenvalue weighted by Crippen LogP contribution is 2.36. The van der Waals surface area contributed by atoms with Crippen LogP contribution in [-0.2, 0) is 12.1 Å². The summed E-state index contributed by atoms with van der Waals surface area (Å²) in [5.41, 5.74) is -0.465. The van der Waals surface area contributed by atoms with Gasteiger partial charge in [-0.2, -0.15) is 15.3 Å². The maximum absolute atomic E-state index is 14.9. The van der Waals surface area contributed by atoms with Gasteiger partial charge in [0.15, 0.2) is 0 Å². The summed E-state index contributed by atoms with van der Waals surface area (Å²) in [6.07, 6.45) is 7.24. The van der Waals surface area contributed by atoms with Crippen LogP contribution in [-0.4, -0.2) is 49.0 Å². The SMILES string of the molecule is C[C@@H](n1ncn(-c2ccc(-n3cncn3)cc2)c1=S)[C@](O)(Cn1cncn1)c1ccc(F)cc1F. The molecule has 3 heterocycles. The molecule has 0 amide bonds. The minimum atomic E-state index is -1.89. The average Bonchev–Trinajstić information content (AvgIpc) is 3.61. The zero-order chi connectivity index (χ0) is 24.6. The number of benzene rings is 2. The van der Waals surface area contributed by atoms with Gasteiger partial charge in [0.1, 0.15) is 48.9 Å². The highest BCUT2D eigenvalue weighted by Gasteiger charge is 2.41. The van der Waals surface area contributed by atoms with E-state index in [2.05, 4.69) is 25.3 Å². The van der Waals surface area contributed by atoms with Gasteiger partial charge >= 0.3 is 0 Å². The Morgan fingerprint density at radius 2 is 1.66 bits per heavy atom. The van der Waals surface area contributed by atoms with Crippen molar-refractivity contribution in [3.8, 4) is 11.4 Å². The van der Waals surface area contributed by atoms with E-state index in [-0.39, 0.29) is 16.9 Å². The van der Waals surface area contributed by atoms with Crippen LogP contribution in [0.3, 0.4) is 0 Å². The smallest absolute Gasteiger partial charge is 0.202 e. The number of hydrogen-bond donors (Lipinski definition) is 1. The molecule has 1 N–H and O–H groups in total. The molecule has 5 rings (SSSR count). The van der Waals surface area contributed by atoms with E-state index in [1.54, 1.807) is 22.5 Å². The van der Waals surface area contributed by atoms with Crippen molar-refractivity contribution in [1.29, 1.82) is 0 Å². The molecule has 0 spiro atoms. The fourth-order valence-corrected chi connectivity index (χ4v) is 4.27. The number of halogens is 2. The lowest BCUT2D eigenvalue weighted by atomic mass is 9.86. The van der Waals surface area contributed by atoms with Crippen molar-refractivity contribution in [2.24, 2.45) is 0 Å². The number of nitrogens with zero attached hydrogens (tertiary/aromatic N) is 9. The zero-order valence-electron chi connectivity index (χ0n) is 18.3. The van der Waals surface area contributed by atoms with Gasteiger partial charge in [0, 0.05) is 17.3 Å². The lowest BCUT2D eigenvalue weighted by Gasteiger charge is -2.34. The third-order valence-corrected chi connectivity index (χ3v) is 6.21. The first-order chi connectivity index (χ1) is 16.9. The molecule has 0 bridgehead atoms. The topological polar surface area (TPSA) is 104 Å². The highest BCUT2D eigenvalue weighted by atomic mass is 32.1. The molecular weight excluding hydrogens is 476 g/mol. The van der Waals surface area contributed by atoms with E-state index in [0.29, 0.717) is 0 Å². The molecule has 0 saturated heterocycles. The number of rotatable bonds is 7. The Bertz CT molecular complexity index is 1500. The molecule has 3 aromatic heterocycles. The summed E-state index contributed by atoms with van der Waals surface area (Å²) >= 11 is 5.65. The van der Waals surface area contributed by atoms with Gasteiger partial charge in [0.25, 0.3) is 0 Å². The van der Waals surface area contributed by atoms with E-state index in [4.69, 9.17) is 12.2 Å². The minimum Gasteiger partial charge on any atom is -0.381 e. The van der Waals surface area contributed by atoms with Crippen LogP contribution in [0.2, 0.25) is 0 Å². The Morgan fingerprint density at radius 1 is 0.943 bits per heavy atom. The van der Waals surface area contributed by atoms with E-state index < -0.39 is 23.3 Å². The molecule has 0 unspecified atom stereocenters. The van der Waals surface area contributed by atoms with Gasteiger partial charge in [-0.3, -0.25) is 4.57 Å². The quantitative estimate of drug-likeness (QED) is 0.346. The number of aromatic nitrogens is 9. The Labute approximate surface area is 202 Å². The molecular formula is C22H19F2N9OS. The summed E-state index contributed by atoms with van der Waals surface area (Å²) in [5, 5.41) is 24.3. The third-order valence-electron chi connectivity index (χ3n) is 5.83. The summed E-state index contributed by atoms with van der Waals surface area (Å²) < 4.78 is 34.8. The molecule has 2 aromatic carbocycles. The maximum Gasteiger partial charge on any atom is 0.202 e. The lowest BCUT2D eigenvalue weighted by molar-refractivity contribution is -0.0375. The molecule has 2 atom stereocenters. The molecule has 10 nitrogen and oxygen atoms in total. The van der Waals surface area contributed by atoms with Gasteiger partial charge in [0.2, 0.25) is 4.77 Å². The normalized spacial score (nSPS) is 14.1. The first-order valence-electron chi connectivity index (χ1n) is 10.5. The molecule has 0 aliphatic carbocycles. The molecule has 13 heteroatoms. The predicted octanol–water partition coefficient (Wildman–Crippen LogP) is 3.00. The van der Waals surface area contributed by atoms with Crippen LogP contribution < -0.4 is 0 Å². The lowest BCUT2D eigenvalue weighted by Crippen LogP contribution is -2.41. The molecule has 0 aliphatic rings. The monoisotopic (exact) mass is 495 g/mol. The Kier molecular flexibility index (Phi) is 5.78. The summed E-state index contributed by atoms with van der Waals surface area (Å²) in [6.45, 7) is 1.48. The molecule has 35 heavy (non-hydrogen) atoms. The molecule has 0 fully saturated rings. The van der Waals surface area contributed by atoms with Crippen LogP contribution in [0.4, 0.5) is 8.78 Å². The second-order valence-electron chi connectivity index (χ2n) is 7.90. The van der Waals surface area contributed by atoms with Crippen molar-refractivity contribution >= 4 is 12.2 Å². The van der Waals surface area contributed by atoms with Crippen molar-refractivity contribution in [3.63, 3.8) is 0 Å². The van der Waals surface area contributed by atoms with Gasteiger partial charge in [-0.25, -0.2) is 32.8 Å². The third kappa shape index (κ3) is 4.15. The molecule has 0 radical (unpaired) electrons. The van der Waals surface area contributed by atoms with Crippen LogP contribution in [0.1, 0.15) is 18.5 Å². The summed E-state index contributed by atoms with van der Waals surface area (Å²) in [7, 11) is 0. The van der Waals surface area contributed by atoms with Crippen LogP contribution >= 0.6 is 12.2 Å². The second kappa shape index (κ2) is 8.92. The summed E-state index contributed by atoms with van der Waals surface area (Å²) in [4.78, 5) is 7.82. The van der Waals surface area contributed by atoms with Crippen molar-refractivity contribution in [3.05, 3.63) is 96.1 Å². The molecule has 178 valence electrons. The Hall–Kier alpha value is -4.10. The van der Waals surface area contributed by atoms with Crippen LogP contribution in [0.25, 0.3) is 11.4 Å². The van der Waals surface area contributed by atoms with Gasteiger partial charge in [-0.1, -0.05) is 6.07 Å². The molecule has 0 aliphatic heterocycles. The Morgan fingerprint density at radius 3 is 2.31 bits per heavy atom. The van der Waals surface area contributed by atoms with Crippen LogP contribution in [0, 0.1) is 16.4 Å². The predicted molar refractivity (Wildman–Crippen MR) is 122 cm³/mol. The van der Waals surface area contributed by atoms with E-state index >= 15 is 0 Å². The van der Waals surface area contributed by atoms with E-state index in [9.17, 15) is 13.9 Å². The Balaban J connectivity index is 1.53. The van der Waals surface area contributed by atoms with Crippen molar-refractivity contribution in [1.82, 2.24) is 43.9 Å². The highest BCUT2D eigenvalue weighted by molar-refractivity contribution is 7.71. The number of aliphatic hydroxyl groups is 1. The van der Waals surface area contributed by atoms with Crippen molar-refractivity contribution in [2.75, 3.05) is 0 Å². The fourth-order valence-electron chi connectivity index (χ4n) is 3.91.